The zero-order chi connectivity index (χ0) is 24.7. The molecule has 10 heteroatoms. The van der Waals surface area contributed by atoms with Gasteiger partial charge in [0, 0.05) is 18.7 Å². The van der Waals surface area contributed by atoms with E-state index >= 15 is 0 Å². The molecule has 4 amide bonds. The van der Waals surface area contributed by atoms with Crippen molar-refractivity contribution in [3.05, 3.63) is 76.4 Å². The summed E-state index contributed by atoms with van der Waals surface area (Å²) in [5, 5.41) is 16.4. The van der Waals surface area contributed by atoms with Crippen LogP contribution in [0.3, 0.4) is 0 Å². The highest BCUT2D eigenvalue weighted by molar-refractivity contribution is 6.07. The van der Waals surface area contributed by atoms with E-state index in [1.54, 1.807) is 0 Å². The third kappa shape index (κ3) is 3.90. The third-order valence-electron chi connectivity index (χ3n) is 7.10. The van der Waals surface area contributed by atoms with Crippen molar-refractivity contribution in [1.82, 2.24) is 10.2 Å². The number of allylic oxidation sites excluding steroid dienone is 2. The number of urea groups is 1. The topological polar surface area (TPSA) is 131 Å². The minimum atomic E-state index is -0.682. The SMILES string of the molecule is COc1ccc([N+](=O)[O-])cc1NC(=O)NCC(c1ccccc1)N1C(=O)C2C3C=CC(C3)C2C1=O. The van der Waals surface area contributed by atoms with Gasteiger partial charge in [0.2, 0.25) is 11.8 Å². The Bertz CT molecular complexity index is 1200. The average Bonchev–Trinajstić information content (AvgIpc) is 3.54. The number of carbonyl (C=O) groups is 3. The second-order valence-corrected chi connectivity index (χ2v) is 8.95. The molecule has 5 rings (SSSR count). The summed E-state index contributed by atoms with van der Waals surface area (Å²) >= 11 is 0. The first-order chi connectivity index (χ1) is 16.9. The number of methoxy groups -OCH3 is 1. The van der Waals surface area contributed by atoms with E-state index in [2.05, 4.69) is 10.6 Å². The number of likely N-dealkylation sites (tertiary alicyclic amines) is 1. The van der Waals surface area contributed by atoms with Crippen molar-refractivity contribution < 1.29 is 24.0 Å². The minimum absolute atomic E-state index is 0.0211. The Morgan fingerprint density at radius 1 is 1.11 bits per heavy atom. The third-order valence-corrected chi connectivity index (χ3v) is 7.10. The molecule has 2 aromatic rings. The van der Waals surface area contributed by atoms with E-state index in [0.717, 1.165) is 12.0 Å². The van der Waals surface area contributed by atoms with Crippen LogP contribution in [0.1, 0.15) is 18.0 Å². The standard InChI is InChI=1S/C25H24N4O6/c1-35-20-10-9-17(29(33)34)12-18(20)27-25(32)26-13-19(14-5-3-2-4-6-14)28-23(30)21-15-7-8-16(11-15)22(21)24(28)31/h2-10,12,15-16,19,21-22H,11,13H2,1H3,(H2,26,27,32). The van der Waals surface area contributed by atoms with Gasteiger partial charge in [-0.25, -0.2) is 4.79 Å². The maximum atomic E-state index is 13.4. The van der Waals surface area contributed by atoms with Crippen LogP contribution < -0.4 is 15.4 Å². The first-order valence-corrected chi connectivity index (χ1v) is 11.4. The Morgan fingerprint density at radius 2 is 1.77 bits per heavy atom. The maximum absolute atomic E-state index is 13.4. The molecule has 2 N–H and O–H groups in total. The zero-order valence-electron chi connectivity index (χ0n) is 18.9. The summed E-state index contributed by atoms with van der Waals surface area (Å²) in [6.07, 6.45) is 4.91. The lowest BCUT2D eigenvalue weighted by atomic mass is 9.85. The number of fused-ring (bicyclic) bond motifs is 5. The Balaban J connectivity index is 1.35. The van der Waals surface area contributed by atoms with Crippen LogP contribution in [-0.2, 0) is 9.59 Å². The van der Waals surface area contributed by atoms with E-state index in [9.17, 15) is 24.5 Å². The summed E-state index contributed by atoms with van der Waals surface area (Å²) in [6.45, 7) is -0.0211. The highest BCUT2D eigenvalue weighted by atomic mass is 16.6. The Hall–Kier alpha value is -4.21. The Morgan fingerprint density at radius 3 is 2.37 bits per heavy atom. The lowest BCUT2D eigenvalue weighted by molar-refractivity contribution is -0.384. The van der Waals surface area contributed by atoms with Crippen LogP contribution in [0.2, 0.25) is 0 Å². The van der Waals surface area contributed by atoms with Crippen LogP contribution in [0.4, 0.5) is 16.2 Å². The van der Waals surface area contributed by atoms with Gasteiger partial charge in [0.25, 0.3) is 5.69 Å². The molecule has 0 spiro atoms. The van der Waals surface area contributed by atoms with Crippen molar-refractivity contribution in [2.75, 3.05) is 19.0 Å². The van der Waals surface area contributed by atoms with E-state index in [1.807, 2.05) is 42.5 Å². The van der Waals surface area contributed by atoms with Crippen LogP contribution in [-0.4, -0.2) is 41.3 Å². The number of imide groups is 1. The molecule has 2 aromatic carbocycles. The van der Waals surface area contributed by atoms with Crippen molar-refractivity contribution >= 4 is 29.2 Å². The molecule has 2 bridgehead atoms. The number of rotatable bonds is 7. The number of nitrogens with one attached hydrogen (secondary N) is 2. The van der Waals surface area contributed by atoms with Gasteiger partial charge in [-0.1, -0.05) is 42.5 Å². The molecule has 2 fully saturated rings. The number of anilines is 1. The monoisotopic (exact) mass is 476 g/mol. The fraction of sp³-hybridized carbons (Fsp3) is 0.320. The minimum Gasteiger partial charge on any atom is -0.495 e. The van der Waals surface area contributed by atoms with Crippen molar-refractivity contribution in [2.24, 2.45) is 23.7 Å². The molecule has 1 heterocycles. The van der Waals surface area contributed by atoms with Crippen LogP contribution in [0, 0.1) is 33.8 Å². The van der Waals surface area contributed by atoms with E-state index in [4.69, 9.17) is 4.74 Å². The molecule has 35 heavy (non-hydrogen) atoms. The second-order valence-electron chi connectivity index (χ2n) is 8.95. The molecule has 1 aliphatic heterocycles. The number of amides is 4. The first-order valence-electron chi connectivity index (χ1n) is 11.4. The molecule has 1 saturated carbocycles. The fourth-order valence-electron chi connectivity index (χ4n) is 5.53. The maximum Gasteiger partial charge on any atom is 0.319 e. The number of nitro groups is 1. The van der Waals surface area contributed by atoms with Gasteiger partial charge in [0.1, 0.15) is 5.75 Å². The number of non-ortho nitro benzene ring substituents is 1. The van der Waals surface area contributed by atoms with Crippen LogP contribution in [0.25, 0.3) is 0 Å². The van der Waals surface area contributed by atoms with Crippen LogP contribution >= 0.6 is 0 Å². The molecule has 5 unspecified atom stereocenters. The summed E-state index contributed by atoms with van der Waals surface area (Å²) in [6, 6.07) is 11.6. The highest BCUT2D eigenvalue weighted by Gasteiger charge is 2.60. The molecule has 2 aliphatic carbocycles. The number of benzene rings is 2. The molecule has 1 saturated heterocycles. The zero-order valence-corrected chi connectivity index (χ0v) is 18.9. The first kappa shape index (κ1) is 22.6. The summed E-state index contributed by atoms with van der Waals surface area (Å²) in [5.41, 5.74) is 0.648. The molecule has 5 atom stereocenters. The van der Waals surface area contributed by atoms with E-state index in [-0.39, 0.29) is 59.2 Å². The summed E-state index contributed by atoms with van der Waals surface area (Å²) in [4.78, 5) is 51.4. The molecule has 10 nitrogen and oxygen atoms in total. The smallest absolute Gasteiger partial charge is 0.319 e. The van der Waals surface area contributed by atoms with Gasteiger partial charge in [0.05, 0.1) is 35.6 Å². The molecular formula is C25H24N4O6. The van der Waals surface area contributed by atoms with E-state index < -0.39 is 17.0 Å². The molecule has 3 aliphatic rings. The van der Waals surface area contributed by atoms with Crippen LogP contribution in [0.5, 0.6) is 5.75 Å². The van der Waals surface area contributed by atoms with Crippen LogP contribution in [0.15, 0.2) is 60.7 Å². The predicted molar refractivity (Wildman–Crippen MR) is 125 cm³/mol. The fourth-order valence-corrected chi connectivity index (χ4v) is 5.53. The molecular weight excluding hydrogens is 452 g/mol. The Labute approximate surface area is 201 Å². The predicted octanol–water partition coefficient (Wildman–Crippen LogP) is 3.27. The van der Waals surface area contributed by atoms with Crippen molar-refractivity contribution in [1.29, 1.82) is 0 Å². The number of hydrogen-bond donors (Lipinski definition) is 2. The summed E-state index contributed by atoms with van der Waals surface area (Å²) in [7, 11) is 1.39. The van der Waals surface area contributed by atoms with E-state index in [0.29, 0.717) is 0 Å². The largest absolute Gasteiger partial charge is 0.495 e. The second kappa shape index (κ2) is 8.86. The lowest BCUT2D eigenvalue weighted by Crippen LogP contribution is -2.43. The van der Waals surface area contributed by atoms with E-state index in [1.165, 1.54) is 30.2 Å². The van der Waals surface area contributed by atoms with Gasteiger partial charge in [-0.15, -0.1) is 0 Å². The number of hydrogen-bond acceptors (Lipinski definition) is 6. The number of ether oxygens (including phenoxy) is 1. The lowest BCUT2D eigenvalue weighted by Gasteiger charge is -2.28. The Kier molecular flexibility index (Phi) is 5.72. The van der Waals surface area contributed by atoms with Gasteiger partial charge in [-0.05, 0) is 29.9 Å². The van der Waals surface area contributed by atoms with Gasteiger partial charge < -0.3 is 15.4 Å². The van der Waals surface area contributed by atoms with Gasteiger partial charge in [-0.2, -0.15) is 0 Å². The number of nitro benzene ring substituents is 1. The average molecular weight is 476 g/mol. The normalized spacial score (nSPS) is 24.9. The molecule has 0 aromatic heterocycles. The van der Waals surface area contributed by atoms with Crippen molar-refractivity contribution in [2.45, 2.75) is 12.5 Å². The van der Waals surface area contributed by atoms with Gasteiger partial charge in [0.15, 0.2) is 0 Å². The quantitative estimate of drug-likeness (QED) is 0.273. The molecule has 180 valence electrons. The number of nitrogens with zero attached hydrogens (tertiary/aromatic N) is 2. The van der Waals surface area contributed by atoms with Crippen molar-refractivity contribution in [3.63, 3.8) is 0 Å². The number of carbonyl (C=O) groups excluding carboxylic acids is 3. The highest BCUT2D eigenvalue weighted by Crippen LogP contribution is 2.53. The summed E-state index contributed by atoms with van der Waals surface area (Å²) in [5.74, 6) is -0.660. The van der Waals surface area contributed by atoms with Gasteiger partial charge >= 0.3 is 6.03 Å². The molecule has 0 radical (unpaired) electrons. The van der Waals surface area contributed by atoms with Crippen molar-refractivity contribution in [3.8, 4) is 5.75 Å². The summed E-state index contributed by atoms with van der Waals surface area (Å²) < 4.78 is 5.19. The van der Waals surface area contributed by atoms with Gasteiger partial charge in [-0.3, -0.25) is 24.6 Å².